The molecule has 1 saturated carbocycles. The summed E-state index contributed by atoms with van der Waals surface area (Å²) in [6.07, 6.45) is 1.70. The molecule has 1 aromatic heterocycles. The summed E-state index contributed by atoms with van der Waals surface area (Å²) in [7, 11) is 0. The monoisotopic (exact) mass is 514 g/mol. The van der Waals surface area contributed by atoms with Crippen LogP contribution in [0.5, 0.6) is 17.2 Å². The van der Waals surface area contributed by atoms with Crippen LogP contribution in [-0.4, -0.2) is 22.7 Å². The van der Waals surface area contributed by atoms with Crippen LogP contribution < -0.4 is 9.47 Å². The molecule has 38 heavy (non-hydrogen) atoms. The van der Waals surface area contributed by atoms with E-state index >= 15 is 0 Å². The van der Waals surface area contributed by atoms with Gasteiger partial charge in [-0.25, -0.2) is 4.39 Å². The third-order valence-corrected chi connectivity index (χ3v) is 7.06. The highest BCUT2D eigenvalue weighted by molar-refractivity contribution is 5.77. The average Bonchev–Trinajstić information content (AvgIpc) is 3.43. The highest BCUT2D eigenvalue weighted by Crippen LogP contribution is 2.49. The standard InChI is InChI=1S/C30H27FN2O5/c1-3-35-30(34)24-16-23(24)18-4-8-21(9-5-18)37-27-14-12-22-26(15-13-25(31)28(22)27)36-20-10-6-19(7-11-20)29-32-17(2)33-38-29/h4-11,13,15,23-24,27H,3,12,14,16H2,1-2H3/t23-,24+,27-/m1/s1. The number of benzene rings is 3. The van der Waals surface area contributed by atoms with Crippen LogP contribution in [0.2, 0.25) is 0 Å². The molecule has 0 aliphatic heterocycles. The lowest BCUT2D eigenvalue weighted by Gasteiger charge is -2.17. The zero-order chi connectivity index (χ0) is 26.2. The number of ether oxygens (including phenoxy) is 3. The van der Waals surface area contributed by atoms with Crippen LogP contribution in [0, 0.1) is 18.7 Å². The van der Waals surface area contributed by atoms with Crippen LogP contribution >= 0.6 is 0 Å². The molecule has 3 atom stereocenters. The van der Waals surface area contributed by atoms with E-state index in [-0.39, 0.29) is 23.6 Å². The average molecular weight is 515 g/mol. The second-order valence-corrected chi connectivity index (χ2v) is 9.63. The first-order chi connectivity index (χ1) is 18.5. The Bertz CT molecular complexity index is 1470. The van der Waals surface area contributed by atoms with E-state index in [4.69, 9.17) is 18.7 Å². The maximum atomic E-state index is 15.0. The predicted molar refractivity (Wildman–Crippen MR) is 137 cm³/mol. The van der Waals surface area contributed by atoms with Crippen LogP contribution in [0.25, 0.3) is 11.5 Å². The summed E-state index contributed by atoms with van der Waals surface area (Å²) in [5.74, 6) is 2.62. The quantitative estimate of drug-likeness (QED) is 0.242. The van der Waals surface area contributed by atoms with Crippen LogP contribution in [0.4, 0.5) is 4.39 Å². The summed E-state index contributed by atoms with van der Waals surface area (Å²) in [6.45, 7) is 3.98. The molecule has 6 rings (SSSR count). The first kappa shape index (κ1) is 24.2. The Labute approximate surface area is 219 Å². The zero-order valence-corrected chi connectivity index (χ0v) is 21.1. The van der Waals surface area contributed by atoms with Crippen molar-refractivity contribution in [2.75, 3.05) is 6.61 Å². The van der Waals surface area contributed by atoms with E-state index in [0.29, 0.717) is 54.0 Å². The van der Waals surface area contributed by atoms with E-state index in [1.165, 1.54) is 6.07 Å². The largest absolute Gasteiger partial charge is 0.486 e. The fourth-order valence-electron chi connectivity index (χ4n) is 5.09. The van der Waals surface area contributed by atoms with Crippen molar-refractivity contribution in [2.45, 2.75) is 45.1 Å². The second-order valence-electron chi connectivity index (χ2n) is 9.63. The lowest BCUT2D eigenvalue weighted by atomic mass is 10.1. The Morgan fingerprint density at radius 3 is 2.53 bits per heavy atom. The molecule has 0 N–H and O–H groups in total. The number of carbonyl (C=O) groups excluding carboxylic acids is 1. The van der Waals surface area contributed by atoms with Crippen LogP contribution in [0.1, 0.15) is 54.3 Å². The van der Waals surface area contributed by atoms with E-state index in [0.717, 1.165) is 23.1 Å². The molecule has 0 bridgehead atoms. The highest BCUT2D eigenvalue weighted by Gasteiger charge is 2.45. The molecule has 7 nitrogen and oxygen atoms in total. The summed E-state index contributed by atoms with van der Waals surface area (Å²) in [4.78, 5) is 16.2. The number of aryl methyl sites for hydroxylation is 1. The Hall–Kier alpha value is -4.20. The molecular weight excluding hydrogens is 487 g/mol. The second kappa shape index (κ2) is 9.93. The fraction of sp³-hybridized carbons (Fsp3) is 0.300. The third-order valence-electron chi connectivity index (χ3n) is 7.06. The molecule has 2 aliphatic carbocycles. The Morgan fingerprint density at radius 2 is 1.82 bits per heavy atom. The molecule has 3 aromatic carbocycles. The molecular formula is C30H27FN2O5. The lowest BCUT2D eigenvalue weighted by molar-refractivity contribution is -0.144. The molecule has 2 aliphatic rings. The van der Waals surface area contributed by atoms with E-state index in [9.17, 15) is 9.18 Å². The lowest BCUT2D eigenvalue weighted by Crippen LogP contribution is -2.07. The van der Waals surface area contributed by atoms with Gasteiger partial charge in [-0.3, -0.25) is 4.79 Å². The number of aromatic nitrogens is 2. The minimum absolute atomic E-state index is 0.0600. The molecule has 0 saturated heterocycles. The van der Waals surface area contributed by atoms with Gasteiger partial charge in [0.05, 0.1) is 12.5 Å². The normalized spacial score (nSPS) is 19.6. The molecule has 8 heteroatoms. The molecule has 0 spiro atoms. The van der Waals surface area contributed by atoms with Crippen LogP contribution in [-0.2, 0) is 16.0 Å². The summed E-state index contributed by atoms with van der Waals surface area (Å²) in [5.41, 5.74) is 3.23. The van der Waals surface area contributed by atoms with E-state index < -0.39 is 6.10 Å². The smallest absolute Gasteiger partial charge is 0.309 e. The van der Waals surface area contributed by atoms with E-state index in [2.05, 4.69) is 10.1 Å². The van der Waals surface area contributed by atoms with Gasteiger partial charge in [0, 0.05) is 16.7 Å². The van der Waals surface area contributed by atoms with Gasteiger partial charge in [-0.1, -0.05) is 17.3 Å². The van der Waals surface area contributed by atoms with Gasteiger partial charge in [0.2, 0.25) is 0 Å². The van der Waals surface area contributed by atoms with Crippen molar-refractivity contribution in [3.8, 4) is 28.7 Å². The number of nitrogens with zero attached hydrogens (tertiary/aromatic N) is 2. The summed E-state index contributed by atoms with van der Waals surface area (Å²) in [5, 5.41) is 3.82. The van der Waals surface area contributed by atoms with Crippen molar-refractivity contribution >= 4 is 5.97 Å². The first-order valence-corrected chi connectivity index (χ1v) is 12.8. The van der Waals surface area contributed by atoms with Crippen molar-refractivity contribution < 1.29 is 27.9 Å². The topological polar surface area (TPSA) is 83.7 Å². The summed E-state index contributed by atoms with van der Waals surface area (Å²) < 4.78 is 37.7. The van der Waals surface area contributed by atoms with Gasteiger partial charge in [-0.05, 0) is 93.1 Å². The Kier molecular flexibility index (Phi) is 6.31. The number of halogens is 1. The van der Waals surface area contributed by atoms with E-state index in [1.807, 2.05) is 55.5 Å². The summed E-state index contributed by atoms with van der Waals surface area (Å²) >= 11 is 0. The summed E-state index contributed by atoms with van der Waals surface area (Å²) in [6, 6.07) is 18.2. The Balaban J connectivity index is 1.14. The number of carbonyl (C=O) groups is 1. The minimum atomic E-state index is -0.407. The predicted octanol–water partition coefficient (Wildman–Crippen LogP) is 6.71. The maximum Gasteiger partial charge on any atom is 0.309 e. The SMILES string of the molecule is CCOC(=O)[C@H]1C[C@@H]1c1ccc(O[C@@H]2CCc3c(Oc4ccc(-c5nc(C)no5)cc4)ccc(F)c32)cc1. The molecule has 194 valence electrons. The first-order valence-electron chi connectivity index (χ1n) is 12.8. The van der Waals surface area contributed by atoms with Gasteiger partial charge in [0.1, 0.15) is 29.2 Å². The van der Waals surface area contributed by atoms with E-state index in [1.54, 1.807) is 13.0 Å². The van der Waals surface area contributed by atoms with Crippen molar-refractivity contribution in [3.05, 3.63) is 89.0 Å². The van der Waals surface area contributed by atoms with Crippen molar-refractivity contribution in [2.24, 2.45) is 5.92 Å². The Morgan fingerprint density at radius 1 is 1.05 bits per heavy atom. The molecule has 0 amide bonds. The van der Waals surface area contributed by atoms with Gasteiger partial charge in [0.25, 0.3) is 5.89 Å². The van der Waals surface area contributed by atoms with Gasteiger partial charge in [0.15, 0.2) is 5.82 Å². The highest BCUT2D eigenvalue weighted by atomic mass is 19.1. The number of fused-ring (bicyclic) bond motifs is 1. The number of hydrogen-bond donors (Lipinski definition) is 0. The molecule has 4 aromatic rings. The molecule has 1 heterocycles. The van der Waals surface area contributed by atoms with Gasteiger partial charge in [-0.2, -0.15) is 4.98 Å². The molecule has 1 fully saturated rings. The zero-order valence-electron chi connectivity index (χ0n) is 21.1. The third kappa shape index (κ3) is 4.74. The van der Waals surface area contributed by atoms with Gasteiger partial charge in [-0.15, -0.1) is 0 Å². The van der Waals surface area contributed by atoms with Crippen molar-refractivity contribution in [3.63, 3.8) is 0 Å². The number of hydrogen-bond acceptors (Lipinski definition) is 7. The van der Waals surface area contributed by atoms with Crippen molar-refractivity contribution in [1.82, 2.24) is 10.1 Å². The fourth-order valence-corrected chi connectivity index (χ4v) is 5.09. The maximum absolute atomic E-state index is 15.0. The van der Waals surface area contributed by atoms with Gasteiger partial charge >= 0.3 is 5.97 Å². The number of rotatable bonds is 8. The molecule has 0 radical (unpaired) electrons. The van der Waals surface area contributed by atoms with Crippen LogP contribution in [0.15, 0.2) is 65.2 Å². The minimum Gasteiger partial charge on any atom is -0.486 e. The van der Waals surface area contributed by atoms with Gasteiger partial charge < -0.3 is 18.7 Å². The van der Waals surface area contributed by atoms with Crippen molar-refractivity contribution in [1.29, 1.82) is 0 Å². The number of esters is 1. The molecule has 0 unspecified atom stereocenters. The van der Waals surface area contributed by atoms with Crippen LogP contribution in [0.3, 0.4) is 0 Å².